The Morgan fingerprint density at radius 1 is 1.04 bits per heavy atom. The van der Waals surface area contributed by atoms with E-state index in [-0.39, 0.29) is 12.5 Å². The number of aryl methyl sites for hydroxylation is 1. The molecular weight excluding hydrogens is 356 g/mol. The summed E-state index contributed by atoms with van der Waals surface area (Å²) in [6.45, 7) is 3.33. The summed E-state index contributed by atoms with van der Waals surface area (Å²) in [4.78, 5) is 37.8. The van der Waals surface area contributed by atoms with Crippen LogP contribution in [0.2, 0.25) is 0 Å². The molecule has 0 fully saturated rings. The van der Waals surface area contributed by atoms with E-state index in [4.69, 9.17) is 4.74 Å². The first-order valence-electron chi connectivity index (χ1n) is 9.22. The molecule has 1 atom stereocenters. The van der Waals surface area contributed by atoms with E-state index < -0.39 is 24.4 Å². The second kappa shape index (κ2) is 10.3. The lowest BCUT2D eigenvalue weighted by Crippen LogP contribution is -2.37. The zero-order valence-corrected chi connectivity index (χ0v) is 16.5. The Morgan fingerprint density at radius 3 is 2.29 bits per heavy atom. The molecule has 2 amide bonds. The van der Waals surface area contributed by atoms with Crippen LogP contribution in [0.5, 0.6) is 0 Å². The second-order valence-corrected chi connectivity index (χ2v) is 6.64. The predicted molar refractivity (Wildman–Crippen MR) is 108 cm³/mol. The summed E-state index contributed by atoms with van der Waals surface area (Å²) < 4.78 is 5.18. The summed E-state index contributed by atoms with van der Waals surface area (Å²) in [6, 6.07) is 16.7. The van der Waals surface area contributed by atoms with Gasteiger partial charge in [0.2, 0.25) is 5.91 Å². The minimum absolute atomic E-state index is 0.125. The molecule has 0 heterocycles. The number of carbonyl (C=O) groups is 3. The molecule has 0 radical (unpaired) electrons. The van der Waals surface area contributed by atoms with Crippen LogP contribution in [-0.2, 0) is 19.1 Å². The number of carbonyl (C=O) groups excluding carboxylic acids is 3. The number of nitrogens with zero attached hydrogens (tertiary/aromatic N) is 1. The van der Waals surface area contributed by atoms with Crippen molar-refractivity contribution >= 4 is 23.5 Å². The fourth-order valence-corrected chi connectivity index (χ4v) is 2.71. The number of anilines is 1. The standard InChI is InChI=1S/C22H26N2O4/c1-4-19(17-8-6-5-7-9-17)22(27)28-15-21(26)24(3)14-20(25)23-18-12-10-16(2)11-13-18/h5-13,19H,4,14-15H2,1-3H3,(H,23,25)/t19-/m1/s1. The molecule has 6 heteroatoms. The molecule has 6 nitrogen and oxygen atoms in total. The largest absolute Gasteiger partial charge is 0.455 e. The smallest absolute Gasteiger partial charge is 0.313 e. The van der Waals surface area contributed by atoms with Crippen LogP contribution in [0.3, 0.4) is 0 Å². The van der Waals surface area contributed by atoms with Gasteiger partial charge in [-0.25, -0.2) is 0 Å². The van der Waals surface area contributed by atoms with Crippen LogP contribution in [0, 0.1) is 6.92 Å². The van der Waals surface area contributed by atoms with Crippen LogP contribution in [-0.4, -0.2) is 42.9 Å². The fourth-order valence-electron chi connectivity index (χ4n) is 2.71. The van der Waals surface area contributed by atoms with Gasteiger partial charge in [-0.05, 0) is 31.0 Å². The molecule has 0 bridgehead atoms. The zero-order chi connectivity index (χ0) is 20.5. The van der Waals surface area contributed by atoms with Crippen molar-refractivity contribution in [2.75, 3.05) is 25.5 Å². The average molecular weight is 382 g/mol. The third kappa shape index (κ3) is 6.23. The van der Waals surface area contributed by atoms with Gasteiger partial charge in [0.05, 0.1) is 12.5 Å². The topological polar surface area (TPSA) is 75.7 Å². The summed E-state index contributed by atoms with van der Waals surface area (Å²) >= 11 is 0. The van der Waals surface area contributed by atoms with E-state index in [2.05, 4.69) is 5.32 Å². The van der Waals surface area contributed by atoms with E-state index in [1.54, 1.807) is 12.1 Å². The highest BCUT2D eigenvalue weighted by Gasteiger charge is 2.22. The first kappa shape index (κ1) is 21.2. The Balaban J connectivity index is 1.82. The van der Waals surface area contributed by atoms with Crippen molar-refractivity contribution in [3.8, 4) is 0 Å². The highest BCUT2D eigenvalue weighted by atomic mass is 16.5. The van der Waals surface area contributed by atoms with Gasteiger partial charge in [0.1, 0.15) is 0 Å². The molecule has 0 aliphatic heterocycles. The van der Waals surface area contributed by atoms with Gasteiger partial charge in [0, 0.05) is 12.7 Å². The van der Waals surface area contributed by atoms with Crippen molar-refractivity contribution in [3.63, 3.8) is 0 Å². The summed E-state index contributed by atoms with van der Waals surface area (Å²) in [5, 5.41) is 2.73. The lowest BCUT2D eigenvalue weighted by Gasteiger charge is -2.18. The Kier molecular flexibility index (Phi) is 7.75. The van der Waals surface area contributed by atoms with Gasteiger partial charge in [0.15, 0.2) is 6.61 Å². The minimum Gasteiger partial charge on any atom is -0.455 e. The molecule has 0 spiro atoms. The van der Waals surface area contributed by atoms with Crippen LogP contribution in [0.4, 0.5) is 5.69 Å². The maximum absolute atomic E-state index is 12.3. The molecule has 0 aliphatic rings. The van der Waals surface area contributed by atoms with Crippen molar-refractivity contribution in [1.29, 1.82) is 0 Å². The van der Waals surface area contributed by atoms with Gasteiger partial charge < -0.3 is 15.0 Å². The Labute approximate surface area is 165 Å². The van der Waals surface area contributed by atoms with Crippen LogP contribution in [0.25, 0.3) is 0 Å². The molecular formula is C22H26N2O4. The molecule has 2 rings (SSSR count). The monoisotopic (exact) mass is 382 g/mol. The van der Waals surface area contributed by atoms with Crippen molar-refractivity contribution in [2.45, 2.75) is 26.2 Å². The fraction of sp³-hybridized carbons (Fsp3) is 0.318. The Bertz CT molecular complexity index is 803. The summed E-state index contributed by atoms with van der Waals surface area (Å²) in [5.41, 5.74) is 2.61. The molecule has 2 aromatic rings. The van der Waals surface area contributed by atoms with Crippen LogP contribution in [0.15, 0.2) is 54.6 Å². The van der Waals surface area contributed by atoms with E-state index in [0.717, 1.165) is 11.1 Å². The summed E-state index contributed by atoms with van der Waals surface area (Å²) in [6.07, 6.45) is 0.575. The molecule has 0 unspecified atom stereocenters. The molecule has 0 aromatic heterocycles. The molecule has 2 aromatic carbocycles. The van der Waals surface area contributed by atoms with E-state index in [1.807, 2.05) is 56.3 Å². The first-order valence-corrected chi connectivity index (χ1v) is 9.22. The second-order valence-electron chi connectivity index (χ2n) is 6.64. The molecule has 28 heavy (non-hydrogen) atoms. The van der Waals surface area contributed by atoms with Crippen LogP contribution in [0.1, 0.15) is 30.4 Å². The van der Waals surface area contributed by atoms with E-state index in [1.165, 1.54) is 11.9 Å². The number of rotatable bonds is 8. The quantitative estimate of drug-likeness (QED) is 0.712. The van der Waals surface area contributed by atoms with Crippen molar-refractivity contribution in [3.05, 3.63) is 65.7 Å². The van der Waals surface area contributed by atoms with Crippen LogP contribution < -0.4 is 5.32 Å². The third-order valence-corrected chi connectivity index (χ3v) is 4.37. The number of nitrogens with one attached hydrogen (secondary N) is 1. The van der Waals surface area contributed by atoms with Crippen molar-refractivity contribution in [1.82, 2.24) is 4.90 Å². The highest BCUT2D eigenvalue weighted by Crippen LogP contribution is 2.20. The number of hydrogen-bond donors (Lipinski definition) is 1. The molecule has 0 saturated carbocycles. The number of hydrogen-bond acceptors (Lipinski definition) is 4. The number of amides is 2. The van der Waals surface area contributed by atoms with E-state index in [0.29, 0.717) is 12.1 Å². The van der Waals surface area contributed by atoms with Crippen molar-refractivity contribution in [2.24, 2.45) is 0 Å². The Morgan fingerprint density at radius 2 is 1.68 bits per heavy atom. The normalized spacial score (nSPS) is 11.4. The lowest BCUT2D eigenvalue weighted by molar-refractivity contribution is -0.153. The third-order valence-electron chi connectivity index (χ3n) is 4.37. The number of esters is 1. The molecule has 1 N–H and O–H groups in total. The maximum Gasteiger partial charge on any atom is 0.313 e. The highest BCUT2D eigenvalue weighted by molar-refractivity contribution is 5.94. The lowest BCUT2D eigenvalue weighted by atomic mass is 9.97. The van der Waals surface area contributed by atoms with Crippen LogP contribution >= 0.6 is 0 Å². The first-order chi connectivity index (χ1) is 13.4. The van der Waals surface area contributed by atoms with Gasteiger partial charge >= 0.3 is 5.97 Å². The molecule has 0 aliphatic carbocycles. The van der Waals surface area contributed by atoms with Gasteiger partial charge in [-0.3, -0.25) is 14.4 Å². The van der Waals surface area contributed by atoms with Crippen molar-refractivity contribution < 1.29 is 19.1 Å². The SMILES string of the molecule is CC[C@@H](C(=O)OCC(=O)N(C)CC(=O)Nc1ccc(C)cc1)c1ccccc1. The summed E-state index contributed by atoms with van der Waals surface area (Å²) in [5.74, 6) is -1.61. The molecule has 0 saturated heterocycles. The van der Waals surface area contributed by atoms with E-state index >= 15 is 0 Å². The van der Waals surface area contributed by atoms with Gasteiger partial charge in [0.25, 0.3) is 5.91 Å². The Hall–Kier alpha value is -3.15. The average Bonchev–Trinajstić information content (AvgIpc) is 2.69. The predicted octanol–water partition coefficient (Wildman–Crippen LogP) is 3.13. The number of ether oxygens (including phenoxy) is 1. The van der Waals surface area contributed by atoms with E-state index in [9.17, 15) is 14.4 Å². The van der Waals surface area contributed by atoms with Gasteiger partial charge in [-0.2, -0.15) is 0 Å². The number of likely N-dealkylation sites (N-methyl/N-ethyl adjacent to an activating group) is 1. The number of benzene rings is 2. The minimum atomic E-state index is -0.445. The van der Waals surface area contributed by atoms with Gasteiger partial charge in [-0.1, -0.05) is 55.0 Å². The zero-order valence-electron chi connectivity index (χ0n) is 16.5. The van der Waals surface area contributed by atoms with Gasteiger partial charge in [-0.15, -0.1) is 0 Å². The maximum atomic E-state index is 12.3. The molecule has 148 valence electrons. The summed E-state index contributed by atoms with van der Waals surface area (Å²) in [7, 11) is 1.50.